The summed E-state index contributed by atoms with van der Waals surface area (Å²) >= 11 is 0. The molecule has 0 amide bonds. The van der Waals surface area contributed by atoms with Crippen molar-refractivity contribution in [1.82, 2.24) is 9.97 Å². The lowest BCUT2D eigenvalue weighted by molar-refractivity contribution is 0.625. The first-order valence-electron chi connectivity index (χ1n) is 5.61. The number of nitrogens with zero attached hydrogens (tertiary/aromatic N) is 2. The standard InChI is InChI=1S/C13H12FN3/c14-10-3-1-2-9(6-10)11-7-12(11)17-13-8-15-4-5-16-13/h1-6,8,11-12H,7H2,(H,16,17)/t11-,12+/m0/s1. The minimum atomic E-state index is -0.173. The summed E-state index contributed by atoms with van der Waals surface area (Å²) in [5.74, 6) is 0.983. The molecule has 1 N–H and O–H groups in total. The molecule has 1 aromatic heterocycles. The van der Waals surface area contributed by atoms with Crippen molar-refractivity contribution in [3.8, 4) is 0 Å². The second kappa shape index (κ2) is 4.13. The van der Waals surface area contributed by atoms with Crippen molar-refractivity contribution in [2.45, 2.75) is 18.4 Å². The molecule has 4 heteroatoms. The minimum Gasteiger partial charge on any atom is -0.365 e. The highest BCUT2D eigenvalue weighted by Gasteiger charge is 2.38. The van der Waals surface area contributed by atoms with Crippen LogP contribution in [0.3, 0.4) is 0 Å². The van der Waals surface area contributed by atoms with Crippen molar-refractivity contribution in [3.05, 3.63) is 54.2 Å². The van der Waals surface area contributed by atoms with E-state index in [0.29, 0.717) is 12.0 Å². The van der Waals surface area contributed by atoms with Gasteiger partial charge in [-0.15, -0.1) is 0 Å². The number of rotatable bonds is 3. The third kappa shape index (κ3) is 2.25. The number of benzene rings is 1. The molecule has 17 heavy (non-hydrogen) atoms. The zero-order valence-corrected chi connectivity index (χ0v) is 9.18. The van der Waals surface area contributed by atoms with E-state index in [1.807, 2.05) is 6.07 Å². The molecule has 2 aromatic rings. The summed E-state index contributed by atoms with van der Waals surface area (Å²) in [5, 5.41) is 3.29. The van der Waals surface area contributed by atoms with E-state index in [1.165, 1.54) is 6.07 Å². The van der Waals surface area contributed by atoms with Gasteiger partial charge in [0, 0.05) is 24.4 Å². The Bertz CT molecular complexity index is 515. The molecule has 1 saturated carbocycles. The molecule has 1 aromatic carbocycles. The van der Waals surface area contributed by atoms with Crippen LogP contribution in [0.5, 0.6) is 0 Å². The minimum absolute atomic E-state index is 0.173. The highest BCUT2D eigenvalue weighted by molar-refractivity contribution is 5.39. The van der Waals surface area contributed by atoms with Crippen molar-refractivity contribution in [3.63, 3.8) is 0 Å². The molecule has 1 heterocycles. The number of hydrogen-bond donors (Lipinski definition) is 1. The summed E-state index contributed by atoms with van der Waals surface area (Å²) in [6.07, 6.45) is 6.00. The van der Waals surface area contributed by atoms with E-state index in [2.05, 4.69) is 15.3 Å². The second-order valence-corrected chi connectivity index (χ2v) is 4.24. The van der Waals surface area contributed by atoms with E-state index in [0.717, 1.165) is 17.8 Å². The summed E-state index contributed by atoms with van der Waals surface area (Å²) < 4.78 is 13.1. The number of nitrogens with one attached hydrogen (secondary N) is 1. The van der Waals surface area contributed by atoms with Crippen LogP contribution >= 0.6 is 0 Å². The second-order valence-electron chi connectivity index (χ2n) is 4.24. The zero-order chi connectivity index (χ0) is 11.7. The molecule has 1 fully saturated rings. The van der Waals surface area contributed by atoms with Gasteiger partial charge in [-0.2, -0.15) is 0 Å². The van der Waals surface area contributed by atoms with Crippen molar-refractivity contribution in [2.24, 2.45) is 0 Å². The highest BCUT2D eigenvalue weighted by Crippen LogP contribution is 2.42. The van der Waals surface area contributed by atoms with Gasteiger partial charge >= 0.3 is 0 Å². The normalized spacial score (nSPS) is 22.2. The lowest BCUT2D eigenvalue weighted by Gasteiger charge is -2.04. The molecule has 0 bridgehead atoms. The molecule has 1 aliphatic carbocycles. The van der Waals surface area contributed by atoms with Crippen LogP contribution in [0.1, 0.15) is 17.9 Å². The maximum Gasteiger partial charge on any atom is 0.144 e. The van der Waals surface area contributed by atoms with Crippen LogP contribution in [0.2, 0.25) is 0 Å². The van der Waals surface area contributed by atoms with Gasteiger partial charge in [-0.1, -0.05) is 12.1 Å². The maximum absolute atomic E-state index is 13.1. The summed E-state index contributed by atoms with van der Waals surface area (Å²) in [5.41, 5.74) is 1.05. The van der Waals surface area contributed by atoms with Crippen LogP contribution in [0, 0.1) is 5.82 Å². The topological polar surface area (TPSA) is 37.8 Å². The third-order valence-corrected chi connectivity index (χ3v) is 2.96. The molecular formula is C13H12FN3. The Labute approximate surface area is 98.7 Å². The fourth-order valence-electron chi connectivity index (χ4n) is 2.02. The first-order valence-corrected chi connectivity index (χ1v) is 5.61. The molecule has 0 spiro atoms. The average Bonchev–Trinajstić information content (AvgIpc) is 3.10. The van der Waals surface area contributed by atoms with E-state index >= 15 is 0 Å². The van der Waals surface area contributed by atoms with Gasteiger partial charge in [0.05, 0.1) is 6.20 Å². The van der Waals surface area contributed by atoms with Gasteiger partial charge in [-0.05, 0) is 24.1 Å². The molecular weight excluding hydrogens is 217 g/mol. The first-order chi connectivity index (χ1) is 8.33. The van der Waals surface area contributed by atoms with Gasteiger partial charge in [-0.3, -0.25) is 4.98 Å². The van der Waals surface area contributed by atoms with Gasteiger partial charge in [0.1, 0.15) is 11.6 Å². The number of anilines is 1. The van der Waals surface area contributed by atoms with Crippen molar-refractivity contribution >= 4 is 5.82 Å². The number of halogens is 1. The molecule has 0 aliphatic heterocycles. The Hall–Kier alpha value is -1.97. The van der Waals surface area contributed by atoms with E-state index in [-0.39, 0.29) is 5.82 Å². The first kappa shape index (κ1) is 10.2. The third-order valence-electron chi connectivity index (χ3n) is 2.96. The van der Waals surface area contributed by atoms with Gasteiger partial charge in [0.15, 0.2) is 0 Å². The molecule has 0 saturated heterocycles. The van der Waals surface area contributed by atoms with Crippen molar-refractivity contribution in [1.29, 1.82) is 0 Å². The lowest BCUT2D eigenvalue weighted by Crippen LogP contribution is -2.05. The molecule has 3 nitrogen and oxygen atoms in total. The van der Waals surface area contributed by atoms with Crippen LogP contribution < -0.4 is 5.32 Å². The van der Waals surface area contributed by atoms with Crippen LogP contribution in [-0.2, 0) is 0 Å². The van der Waals surface area contributed by atoms with E-state index in [4.69, 9.17) is 0 Å². The SMILES string of the molecule is Fc1cccc([C@@H]2C[C@H]2Nc2cnccn2)c1. The van der Waals surface area contributed by atoms with Crippen molar-refractivity contribution in [2.75, 3.05) is 5.32 Å². The molecule has 1 aliphatic rings. The molecule has 2 atom stereocenters. The number of aromatic nitrogens is 2. The largest absolute Gasteiger partial charge is 0.365 e. The van der Waals surface area contributed by atoms with Gasteiger partial charge in [-0.25, -0.2) is 9.37 Å². The average molecular weight is 229 g/mol. The summed E-state index contributed by atoms with van der Waals surface area (Å²) in [7, 11) is 0. The van der Waals surface area contributed by atoms with Crippen molar-refractivity contribution < 1.29 is 4.39 Å². The Balaban J connectivity index is 1.67. The quantitative estimate of drug-likeness (QED) is 0.879. The fourth-order valence-corrected chi connectivity index (χ4v) is 2.02. The zero-order valence-electron chi connectivity index (χ0n) is 9.18. The predicted molar refractivity (Wildman–Crippen MR) is 63.2 cm³/mol. The summed E-state index contributed by atoms with van der Waals surface area (Å²) in [6.45, 7) is 0. The Morgan fingerprint density at radius 1 is 1.29 bits per heavy atom. The highest BCUT2D eigenvalue weighted by atomic mass is 19.1. The van der Waals surface area contributed by atoms with E-state index in [9.17, 15) is 4.39 Å². The van der Waals surface area contributed by atoms with Crippen LogP contribution in [0.15, 0.2) is 42.9 Å². The lowest BCUT2D eigenvalue weighted by atomic mass is 10.1. The molecule has 0 unspecified atom stereocenters. The van der Waals surface area contributed by atoms with Gasteiger partial charge < -0.3 is 5.32 Å². The Morgan fingerprint density at radius 2 is 2.24 bits per heavy atom. The maximum atomic E-state index is 13.1. The van der Waals surface area contributed by atoms with Gasteiger partial charge in [0.2, 0.25) is 0 Å². The summed E-state index contributed by atoms with van der Waals surface area (Å²) in [4.78, 5) is 8.15. The summed E-state index contributed by atoms with van der Waals surface area (Å²) in [6, 6.07) is 7.13. The van der Waals surface area contributed by atoms with Gasteiger partial charge in [0.25, 0.3) is 0 Å². The Morgan fingerprint density at radius 3 is 3.00 bits per heavy atom. The van der Waals surface area contributed by atoms with Crippen LogP contribution in [0.4, 0.5) is 10.2 Å². The van der Waals surface area contributed by atoms with E-state index in [1.54, 1.807) is 30.7 Å². The van der Waals surface area contributed by atoms with Crippen LogP contribution in [-0.4, -0.2) is 16.0 Å². The fraction of sp³-hybridized carbons (Fsp3) is 0.231. The predicted octanol–water partition coefficient (Wildman–Crippen LogP) is 2.58. The monoisotopic (exact) mass is 229 g/mol. The van der Waals surface area contributed by atoms with E-state index < -0.39 is 0 Å². The molecule has 3 rings (SSSR count). The Kier molecular flexibility index (Phi) is 2.48. The molecule has 0 radical (unpaired) electrons. The number of hydrogen-bond acceptors (Lipinski definition) is 3. The smallest absolute Gasteiger partial charge is 0.144 e. The molecule has 86 valence electrons. The van der Waals surface area contributed by atoms with Crippen LogP contribution in [0.25, 0.3) is 0 Å².